The SMILES string of the molecule is CC1(C)OCC(COC(=O)CC2CC3CCC2C3)O1. The molecule has 1 heterocycles. The Hall–Kier alpha value is -0.610. The minimum absolute atomic E-state index is 0.0640. The third-order valence-electron chi connectivity index (χ3n) is 4.81. The molecule has 2 aliphatic carbocycles. The lowest BCUT2D eigenvalue weighted by Crippen LogP contribution is -2.26. The number of esters is 1. The summed E-state index contributed by atoms with van der Waals surface area (Å²) in [5.41, 5.74) is 0. The Morgan fingerprint density at radius 2 is 2.16 bits per heavy atom. The Labute approximate surface area is 114 Å². The lowest BCUT2D eigenvalue weighted by Gasteiger charge is -2.21. The molecule has 3 aliphatic rings. The monoisotopic (exact) mass is 268 g/mol. The molecular weight excluding hydrogens is 244 g/mol. The van der Waals surface area contributed by atoms with Gasteiger partial charge in [-0.05, 0) is 50.9 Å². The summed E-state index contributed by atoms with van der Waals surface area (Å²) in [5.74, 6) is 1.63. The molecule has 4 heteroatoms. The van der Waals surface area contributed by atoms with Crippen molar-refractivity contribution in [3.8, 4) is 0 Å². The fourth-order valence-corrected chi connectivity index (χ4v) is 3.93. The zero-order valence-corrected chi connectivity index (χ0v) is 11.9. The second-order valence-electron chi connectivity index (χ2n) is 6.77. The third-order valence-corrected chi connectivity index (χ3v) is 4.81. The predicted molar refractivity (Wildman–Crippen MR) is 69.4 cm³/mol. The molecule has 3 rings (SSSR count). The summed E-state index contributed by atoms with van der Waals surface area (Å²) in [6.45, 7) is 4.59. The van der Waals surface area contributed by atoms with Crippen LogP contribution in [-0.4, -0.2) is 31.1 Å². The molecule has 2 bridgehead atoms. The summed E-state index contributed by atoms with van der Waals surface area (Å²) in [5, 5.41) is 0. The van der Waals surface area contributed by atoms with Crippen LogP contribution in [0.25, 0.3) is 0 Å². The quantitative estimate of drug-likeness (QED) is 0.735. The van der Waals surface area contributed by atoms with Crippen LogP contribution in [0.3, 0.4) is 0 Å². The Balaban J connectivity index is 1.38. The number of rotatable bonds is 4. The molecular formula is C15H24O4. The third kappa shape index (κ3) is 3.11. The van der Waals surface area contributed by atoms with Gasteiger partial charge in [0.1, 0.15) is 12.7 Å². The van der Waals surface area contributed by atoms with Gasteiger partial charge in [-0.1, -0.05) is 6.42 Å². The van der Waals surface area contributed by atoms with E-state index in [2.05, 4.69) is 0 Å². The van der Waals surface area contributed by atoms with E-state index in [0.717, 1.165) is 11.8 Å². The van der Waals surface area contributed by atoms with Crippen molar-refractivity contribution < 1.29 is 19.0 Å². The molecule has 4 unspecified atom stereocenters. The first-order valence-electron chi connectivity index (χ1n) is 7.49. The molecule has 2 saturated carbocycles. The number of hydrogen-bond donors (Lipinski definition) is 0. The lowest BCUT2D eigenvalue weighted by atomic mass is 9.86. The van der Waals surface area contributed by atoms with Gasteiger partial charge in [0, 0.05) is 6.42 Å². The van der Waals surface area contributed by atoms with Crippen molar-refractivity contribution in [2.45, 2.75) is 57.8 Å². The van der Waals surface area contributed by atoms with E-state index in [-0.39, 0.29) is 12.1 Å². The van der Waals surface area contributed by atoms with Gasteiger partial charge in [-0.2, -0.15) is 0 Å². The summed E-state index contributed by atoms with van der Waals surface area (Å²) in [6, 6.07) is 0. The summed E-state index contributed by atoms with van der Waals surface area (Å²) in [6.07, 6.45) is 5.74. The van der Waals surface area contributed by atoms with E-state index in [1.165, 1.54) is 25.7 Å². The Kier molecular flexibility index (Phi) is 3.56. The van der Waals surface area contributed by atoms with Crippen molar-refractivity contribution in [3.63, 3.8) is 0 Å². The van der Waals surface area contributed by atoms with Crippen LogP contribution in [0.1, 0.15) is 46.0 Å². The summed E-state index contributed by atoms with van der Waals surface area (Å²) in [4.78, 5) is 11.9. The van der Waals surface area contributed by atoms with Gasteiger partial charge in [-0.15, -0.1) is 0 Å². The summed E-state index contributed by atoms with van der Waals surface area (Å²) < 4.78 is 16.4. The van der Waals surface area contributed by atoms with Gasteiger partial charge in [0.15, 0.2) is 5.79 Å². The van der Waals surface area contributed by atoms with Crippen molar-refractivity contribution in [1.82, 2.24) is 0 Å². The fourth-order valence-electron chi connectivity index (χ4n) is 3.93. The maximum atomic E-state index is 11.9. The van der Waals surface area contributed by atoms with Crippen LogP contribution >= 0.6 is 0 Å². The first-order chi connectivity index (χ1) is 9.02. The van der Waals surface area contributed by atoms with E-state index < -0.39 is 5.79 Å². The molecule has 108 valence electrons. The number of fused-ring (bicyclic) bond motifs is 2. The van der Waals surface area contributed by atoms with Crippen LogP contribution in [0.15, 0.2) is 0 Å². The molecule has 19 heavy (non-hydrogen) atoms. The van der Waals surface area contributed by atoms with Gasteiger partial charge in [-0.3, -0.25) is 4.79 Å². The first kappa shape index (κ1) is 13.4. The second kappa shape index (κ2) is 5.06. The van der Waals surface area contributed by atoms with Gasteiger partial charge in [0.25, 0.3) is 0 Å². The second-order valence-corrected chi connectivity index (χ2v) is 6.77. The highest BCUT2D eigenvalue weighted by atomic mass is 16.7. The maximum absolute atomic E-state index is 11.9. The van der Waals surface area contributed by atoms with Gasteiger partial charge >= 0.3 is 5.97 Å². The minimum Gasteiger partial charge on any atom is -0.463 e. The molecule has 4 nitrogen and oxygen atoms in total. The highest BCUT2D eigenvalue weighted by Crippen LogP contribution is 2.49. The molecule has 1 saturated heterocycles. The zero-order chi connectivity index (χ0) is 13.5. The summed E-state index contributed by atoms with van der Waals surface area (Å²) >= 11 is 0. The van der Waals surface area contributed by atoms with E-state index in [1.54, 1.807) is 0 Å². The zero-order valence-electron chi connectivity index (χ0n) is 11.9. The number of ether oxygens (including phenoxy) is 3. The van der Waals surface area contributed by atoms with Crippen molar-refractivity contribution in [3.05, 3.63) is 0 Å². The van der Waals surface area contributed by atoms with E-state index >= 15 is 0 Å². The molecule has 0 amide bonds. The highest BCUT2D eigenvalue weighted by Gasteiger charge is 2.40. The summed E-state index contributed by atoms with van der Waals surface area (Å²) in [7, 11) is 0. The van der Waals surface area contributed by atoms with E-state index in [4.69, 9.17) is 14.2 Å². The molecule has 4 atom stereocenters. The fraction of sp³-hybridized carbons (Fsp3) is 0.933. The van der Waals surface area contributed by atoms with Crippen molar-refractivity contribution in [2.24, 2.45) is 17.8 Å². The van der Waals surface area contributed by atoms with Crippen molar-refractivity contribution in [1.29, 1.82) is 0 Å². The number of carbonyl (C=O) groups excluding carboxylic acids is 1. The smallest absolute Gasteiger partial charge is 0.306 e. The van der Waals surface area contributed by atoms with Gasteiger partial charge in [0.2, 0.25) is 0 Å². The van der Waals surface area contributed by atoms with Crippen LogP contribution in [0.5, 0.6) is 0 Å². The molecule has 0 radical (unpaired) electrons. The first-order valence-corrected chi connectivity index (χ1v) is 7.49. The highest BCUT2D eigenvalue weighted by molar-refractivity contribution is 5.69. The van der Waals surface area contributed by atoms with E-state index in [0.29, 0.717) is 25.6 Å². The molecule has 0 spiro atoms. The number of hydrogen-bond acceptors (Lipinski definition) is 4. The van der Waals surface area contributed by atoms with Crippen LogP contribution in [0.4, 0.5) is 0 Å². The van der Waals surface area contributed by atoms with Crippen LogP contribution in [0, 0.1) is 17.8 Å². The predicted octanol–water partition coefficient (Wildman–Crippen LogP) is 2.51. The number of carbonyl (C=O) groups is 1. The minimum atomic E-state index is -0.540. The molecule has 0 aromatic carbocycles. The normalized spacial score (nSPS) is 39.7. The Morgan fingerprint density at radius 3 is 2.74 bits per heavy atom. The molecule has 0 aromatic rings. The topological polar surface area (TPSA) is 44.8 Å². The van der Waals surface area contributed by atoms with Crippen LogP contribution in [-0.2, 0) is 19.0 Å². The Morgan fingerprint density at radius 1 is 1.32 bits per heavy atom. The average molecular weight is 268 g/mol. The van der Waals surface area contributed by atoms with Crippen molar-refractivity contribution >= 4 is 5.97 Å². The Bertz CT molecular complexity index is 352. The standard InChI is InChI=1S/C15H24O4/c1-15(2)18-9-13(19-15)8-17-14(16)7-12-6-10-3-4-11(12)5-10/h10-13H,3-9H2,1-2H3. The molecule has 1 aliphatic heterocycles. The largest absolute Gasteiger partial charge is 0.463 e. The average Bonchev–Trinajstić information content (AvgIpc) is 3.01. The van der Waals surface area contributed by atoms with E-state index in [1.807, 2.05) is 13.8 Å². The van der Waals surface area contributed by atoms with Crippen LogP contribution in [0.2, 0.25) is 0 Å². The van der Waals surface area contributed by atoms with Gasteiger partial charge < -0.3 is 14.2 Å². The lowest BCUT2D eigenvalue weighted by molar-refractivity contribution is -0.159. The van der Waals surface area contributed by atoms with E-state index in [9.17, 15) is 4.79 Å². The van der Waals surface area contributed by atoms with Gasteiger partial charge in [-0.25, -0.2) is 0 Å². The van der Waals surface area contributed by atoms with Crippen LogP contribution < -0.4 is 0 Å². The maximum Gasteiger partial charge on any atom is 0.306 e. The van der Waals surface area contributed by atoms with Crippen molar-refractivity contribution in [2.75, 3.05) is 13.2 Å². The molecule has 3 fully saturated rings. The molecule has 0 N–H and O–H groups in total. The van der Waals surface area contributed by atoms with Gasteiger partial charge in [0.05, 0.1) is 6.61 Å². The molecule has 0 aromatic heterocycles.